The van der Waals surface area contributed by atoms with Crippen molar-refractivity contribution < 1.29 is 14.6 Å². The maximum Gasteiger partial charge on any atom is 0.358 e. The second-order valence-corrected chi connectivity index (χ2v) is 5.06. The van der Waals surface area contributed by atoms with Gasteiger partial charge in [0.1, 0.15) is 0 Å². The normalized spacial score (nSPS) is 17.2. The fourth-order valence-corrected chi connectivity index (χ4v) is 2.46. The predicted octanol–water partition coefficient (Wildman–Crippen LogP) is 1.00. The van der Waals surface area contributed by atoms with Crippen LogP contribution in [0.15, 0.2) is 12.1 Å². The van der Waals surface area contributed by atoms with Crippen molar-refractivity contribution in [3.05, 3.63) is 17.8 Å². The lowest BCUT2D eigenvalue weighted by Gasteiger charge is -2.28. The molecule has 1 aliphatic rings. The van der Waals surface area contributed by atoms with Crippen LogP contribution in [0.3, 0.4) is 0 Å². The van der Waals surface area contributed by atoms with E-state index in [4.69, 9.17) is 0 Å². The largest absolute Gasteiger partial charge is 0.464 e. The minimum Gasteiger partial charge on any atom is -0.464 e. The molecule has 0 radical (unpaired) electrons. The number of hydrogen-bond acceptors (Lipinski definition) is 6. The lowest BCUT2D eigenvalue weighted by Crippen LogP contribution is -2.39. The van der Waals surface area contributed by atoms with E-state index in [0.29, 0.717) is 12.4 Å². The second-order valence-electron chi connectivity index (χ2n) is 5.06. The molecule has 0 bridgehead atoms. The molecule has 6 heteroatoms. The highest BCUT2D eigenvalue weighted by atomic mass is 16.5. The van der Waals surface area contributed by atoms with Gasteiger partial charge >= 0.3 is 5.97 Å². The van der Waals surface area contributed by atoms with E-state index >= 15 is 0 Å². The molecule has 1 aromatic heterocycles. The van der Waals surface area contributed by atoms with Crippen LogP contribution in [0, 0.1) is 0 Å². The number of nitrogens with zero attached hydrogens (tertiary/aromatic N) is 3. The minimum absolute atomic E-state index is 0.180. The molecule has 0 amide bonds. The lowest BCUT2D eigenvalue weighted by atomic mass is 10.0. The molecule has 0 unspecified atom stereocenters. The molecule has 1 saturated carbocycles. The third-order valence-corrected chi connectivity index (χ3v) is 3.50. The Bertz CT molecular complexity index is 441. The van der Waals surface area contributed by atoms with Crippen LogP contribution < -0.4 is 4.90 Å². The standard InChI is InChI=1S/C13H19N3O3/c1-16(9-13(18)7-3-4-8-13)11-6-5-10(14-15-11)12(17)19-2/h5-6,18H,3-4,7-9H2,1-2H3. The van der Waals surface area contributed by atoms with Gasteiger partial charge in [-0.25, -0.2) is 4.79 Å². The zero-order valence-electron chi connectivity index (χ0n) is 11.3. The lowest BCUT2D eigenvalue weighted by molar-refractivity contribution is 0.0554. The zero-order chi connectivity index (χ0) is 13.9. The number of rotatable bonds is 4. The molecule has 0 aliphatic heterocycles. The van der Waals surface area contributed by atoms with Crippen molar-refractivity contribution in [2.75, 3.05) is 25.6 Å². The number of likely N-dealkylation sites (N-methyl/N-ethyl adjacent to an activating group) is 1. The van der Waals surface area contributed by atoms with Gasteiger partial charge in [0, 0.05) is 13.6 Å². The minimum atomic E-state index is -0.628. The van der Waals surface area contributed by atoms with Crippen LogP contribution in [-0.4, -0.2) is 47.6 Å². The van der Waals surface area contributed by atoms with E-state index in [1.807, 2.05) is 11.9 Å². The number of methoxy groups -OCH3 is 1. The highest BCUT2D eigenvalue weighted by Crippen LogP contribution is 2.30. The zero-order valence-corrected chi connectivity index (χ0v) is 11.3. The molecular weight excluding hydrogens is 246 g/mol. The summed E-state index contributed by atoms with van der Waals surface area (Å²) >= 11 is 0. The Hall–Kier alpha value is -1.69. The molecule has 1 aromatic rings. The number of anilines is 1. The van der Waals surface area contributed by atoms with Gasteiger partial charge in [0.15, 0.2) is 11.5 Å². The highest BCUT2D eigenvalue weighted by Gasteiger charge is 2.32. The number of ether oxygens (including phenoxy) is 1. The van der Waals surface area contributed by atoms with Gasteiger partial charge in [0.2, 0.25) is 0 Å². The van der Waals surface area contributed by atoms with Crippen molar-refractivity contribution >= 4 is 11.8 Å². The van der Waals surface area contributed by atoms with Crippen molar-refractivity contribution in [2.45, 2.75) is 31.3 Å². The first-order chi connectivity index (χ1) is 9.04. The molecule has 19 heavy (non-hydrogen) atoms. The Balaban J connectivity index is 2.03. The van der Waals surface area contributed by atoms with E-state index in [2.05, 4.69) is 14.9 Å². The van der Waals surface area contributed by atoms with Crippen LogP contribution >= 0.6 is 0 Å². The van der Waals surface area contributed by atoms with Crippen molar-refractivity contribution in [1.29, 1.82) is 0 Å². The SMILES string of the molecule is COC(=O)c1ccc(N(C)CC2(O)CCCC2)nn1. The summed E-state index contributed by atoms with van der Waals surface area (Å²) < 4.78 is 4.57. The van der Waals surface area contributed by atoms with Gasteiger partial charge < -0.3 is 14.7 Å². The third kappa shape index (κ3) is 3.20. The highest BCUT2D eigenvalue weighted by molar-refractivity contribution is 5.86. The molecule has 2 rings (SSSR count). The molecule has 6 nitrogen and oxygen atoms in total. The average Bonchev–Trinajstić information content (AvgIpc) is 2.84. The van der Waals surface area contributed by atoms with Gasteiger partial charge in [-0.2, -0.15) is 0 Å². The first kappa shape index (κ1) is 13.7. The maximum absolute atomic E-state index is 11.2. The summed E-state index contributed by atoms with van der Waals surface area (Å²) in [5, 5.41) is 18.1. The van der Waals surface area contributed by atoms with Gasteiger partial charge in [0.05, 0.1) is 12.7 Å². The smallest absolute Gasteiger partial charge is 0.358 e. The number of carbonyl (C=O) groups is 1. The van der Waals surface area contributed by atoms with Crippen LogP contribution in [0.4, 0.5) is 5.82 Å². The number of carbonyl (C=O) groups excluding carboxylic acids is 1. The van der Waals surface area contributed by atoms with E-state index in [1.165, 1.54) is 7.11 Å². The van der Waals surface area contributed by atoms with Crippen molar-refractivity contribution in [3.8, 4) is 0 Å². The van der Waals surface area contributed by atoms with Gasteiger partial charge in [-0.1, -0.05) is 12.8 Å². The third-order valence-electron chi connectivity index (χ3n) is 3.50. The van der Waals surface area contributed by atoms with E-state index < -0.39 is 11.6 Å². The summed E-state index contributed by atoms with van der Waals surface area (Å²) in [6.45, 7) is 0.527. The fraction of sp³-hybridized carbons (Fsp3) is 0.615. The predicted molar refractivity (Wildman–Crippen MR) is 70.1 cm³/mol. The molecule has 1 aliphatic carbocycles. The monoisotopic (exact) mass is 265 g/mol. The number of aliphatic hydroxyl groups is 1. The summed E-state index contributed by atoms with van der Waals surface area (Å²) in [7, 11) is 3.16. The van der Waals surface area contributed by atoms with Gasteiger partial charge in [0.25, 0.3) is 0 Å². The van der Waals surface area contributed by atoms with E-state index in [9.17, 15) is 9.90 Å². The molecule has 1 N–H and O–H groups in total. The second kappa shape index (κ2) is 5.52. The van der Waals surface area contributed by atoms with Crippen LogP contribution in [-0.2, 0) is 4.74 Å². The number of hydrogen-bond donors (Lipinski definition) is 1. The molecule has 1 fully saturated rings. The Morgan fingerprint density at radius 2 is 2.11 bits per heavy atom. The van der Waals surface area contributed by atoms with E-state index in [-0.39, 0.29) is 5.69 Å². The van der Waals surface area contributed by atoms with Crippen LogP contribution in [0.5, 0.6) is 0 Å². The van der Waals surface area contributed by atoms with E-state index in [1.54, 1.807) is 12.1 Å². The van der Waals surface area contributed by atoms with Crippen molar-refractivity contribution in [3.63, 3.8) is 0 Å². The van der Waals surface area contributed by atoms with Crippen LogP contribution in [0.1, 0.15) is 36.2 Å². The molecule has 1 heterocycles. The Labute approximate surface area is 112 Å². The molecule has 104 valence electrons. The molecule has 0 spiro atoms. The Kier molecular flexibility index (Phi) is 3.99. The summed E-state index contributed by atoms with van der Waals surface area (Å²) in [5.74, 6) is 0.129. The van der Waals surface area contributed by atoms with Crippen molar-refractivity contribution in [2.24, 2.45) is 0 Å². The fourth-order valence-electron chi connectivity index (χ4n) is 2.46. The summed E-state index contributed by atoms with van der Waals surface area (Å²) in [5.41, 5.74) is -0.448. The average molecular weight is 265 g/mol. The number of esters is 1. The first-order valence-electron chi connectivity index (χ1n) is 6.40. The molecule has 0 aromatic carbocycles. The van der Waals surface area contributed by atoms with Crippen LogP contribution in [0.2, 0.25) is 0 Å². The van der Waals surface area contributed by atoms with E-state index in [0.717, 1.165) is 25.7 Å². The summed E-state index contributed by atoms with van der Waals surface area (Å²) in [6.07, 6.45) is 3.78. The van der Waals surface area contributed by atoms with Crippen molar-refractivity contribution in [1.82, 2.24) is 10.2 Å². The van der Waals surface area contributed by atoms with Gasteiger partial charge in [-0.05, 0) is 25.0 Å². The summed E-state index contributed by atoms with van der Waals surface area (Å²) in [4.78, 5) is 13.1. The maximum atomic E-state index is 11.2. The quantitative estimate of drug-likeness (QED) is 0.819. The Morgan fingerprint density at radius 3 is 2.63 bits per heavy atom. The van der Waals surface area contributed by atoms with Gasteiger partial charge in [-0.15, -0.1) is 10.2 Å². The topological polar surface area (TPSA) is 75.5 Å². The first-order valence-corrected chi connectivity index (χ1v) is 6.40. The molecule has 0 saturated heterocycles. The number of aromatic nitrogens is 2. The van der Waals surface area contributed by atoms with Crippen LogP contribution in [0.25, 0.3) is 0 Å². The molecule has 0 atom stereocenters. The summed E-state index contributed by atoms with van der Waals surface area (Å²) in [6, 6.07) is 3.28. The molecular formula is C13H19N3O3. The Morgan fingerprint density at radius 1 is 1.42 bits per heavy atom. The van der Waals surface area contributed by atoms with Gasteiger partial charge in [-0.3, -0.25) is 0 Å².